The highest BCUT2D eigenvalue weighted by Gasteiger charge is 2.00. The molecule has 2 aromatic rings. The third kappa shape index (κ3) is 1.96. The second-order valence-corrected chi connectivity index (χ2v) is 4.15. The first kappa shape index (κ1) is 9.68. The Hall–Kier alpha value is -0.870. The summed E-state index contributed by atoms with van der Waals surface area (Å²) in [5.41, 5.74) is 7.54. The molecule has 2 aromatic heterocycles. The van der Waals surface area contributed by atoms with E-state index < -0.39 is 0 Å². The summed E-state index contributed by atoms with van der Waals surface area (Å²) in [7, 11) is 0. The summed E-state index contributed by atoms with van der Waals surface area (Å²) in [6.45, 7) is 0.720. The van der Waals surface area contributed by atoms with E-state index in [1.54, 1.807) is 0 Å². The van der Waals surface area contributed by atoms with Crippen LogP contribution in [0.5, 0.6) is 0 Å². The van der Waals surface area contributed by atoms with Crippen LogP contribution in [0.1, 0.15) is 12.1 Å². The van der Waals surface area contributed by atoms with E-state index in [1.807, 2.05) is 22.7 Å². The number of aryl methyl sites for hydroxylation is 1. The average Bonchev–Trinajstić information content (AvgIpc) is 2.56. The van der Waals surface area contributed by atoms with Gasteiger partial charge in [-0.15, -0.1) is 0 Å². The molecule has 0 radical (unpaired) electrons. The van der Waals surface area contributed by atoms with E-state index in [1.165, 1.54) is 0 Å². The highest BCUT2D eigenvalue weighted by Crippen LogP contribution is 2.12. The minimum Gasteiger partial charge on any atom is -0.330 e. The summed E-state index contributed by atoms with van der Waals surface area (Å²) in [4.78, 5) is 4.48. The number of halogens is 1. The van der Waals surface area contributed by atoms with Gasteiger partial charge in [-0.25, -0.2) is 4.98 Å². The smallest absolute Gasteiger partial charge is 0.137 e. The monoisotopic (exact) mass is 253 g/mol. The second-order valence-electron chi connectivity index (χ2n) is 3.24. The van der Waals surface area contributed by atoms with E-state index in [-0.39, 0.29) is 0 Å². The average molecular weight is 254 g/mol. The number of hydrogen-bond donors (Lipinski definition) is 1. The zero-order valence-electron chi connectivity index (χ0n) is 7.78. The van der Waals surface area contributed by atoms with Crippen LogP contribution in [0.4, 0.5) is 0 Å². The number of nitrogens with zero attached hydrogens (tertiary/aromatic N) is 2. The fourth-order valence-electron chi connectivity index (χ4n) is 1.42. The molecule has 0 bridgehead atoms. The lowest BCUT2D eigenvalue weighted by molar-refractivity contribution is 0.816. The molecule has 0 saturated heterocycles. The highest BCUT2D eigenvalue weighted by molar-refractivity contribution is 9.10. The first-order valence-electron chi connectivity index (χ1n) is 4.63. The Morgan fingerprint density at radius 3 is 3.00 bits per heavy atom. The first-order valence-corrected chi connectivity index (χ1v) is 5.42. The van der Waals surface area contributed by atoms with Crippen molar-refractivity contribution in [1.29, 1.82) is 0 Å². The SMILES string of the molecule is NCCCc1cn2cc(Br)ccc2n1. The molecule has 0 aromatic carbocycles. The summed E-state index contributed by atoms with van der Waals surface area (Å²) < 4.78 is 3.09. The van der Waals surface area contributed by atoms with Gasteiger partial charge in [-0.05, 0) is 47.4 Å². The molecular formula is C10H12BrN3. The van der Waals surface area contributed by atoms with Crippen LogP contribution < -0.4 is 5.73 Å². The fourth-order valence-corrected chi connectivity index (χ4v) is 1.77. The maximum Gasteiger partial charge on any atom is 0.137 e. The molecular weight excluding hydrogens is 242 g/mol. The van der Waals surface area contributed by atoms with Gasteiger partial charge in [-0.1, -0.05) is 0 Å². The maximum absolute atomic E-state index is 5.45. The normalized spacial score (nSPS) is 11.0. The van der Waals surface area contributed by atoms with E-state index in [0.717, 1.165) is 35.2 Å². The van der Waals surface area contributed by atoms with Crippen LogP contribution in [0.15, 0.2) is 29.0 Å². The summed E-state index contributed by atoms with van der Waals surface area (Å²) in [6, 6.07) is 3.99. The molecule has 2 N–H and O–H groups in total. The van der Waals surface area contributed by atoms with Crippen molar-refractivity contribution in [2.75, 3.05) is 6.54 Å². The number of imidazole rings is 1. The Morgan fingerprint density at radius 2 is 2.21 bits per heavy atom. The van der Waals surface area contributed by atoms with Crippen molar-refractivity contribution < 1.29 is 0 Å². The Balaban J connectivity index is 2.32. The van der Waals surface area contributed by atoms with Crippen LogP contribution in [-0.2, 0) is 6.42 Å². The van der Waals surface area contributed by atoms with Crippen LogP contribution in [0, 0.1) is 0 Å². The van der Waals surface area contributed by atoms with Crippen LogP contribution >= 0.6 is 15.9 Å². The lowest BCUT2D eigenvalue weighted by Crippen LogP contribution is -2.00. The van der Waals surface area contributed by atoms with Crippen LogP contribution in [0.3, 0.4) is 0 Å². The molecule has 0 aliphatic carbocycles. The largest absolute Gasteiger partial charge is 0.330 e. The molecule has 0 atom stereocenters. The number of nitrogens with two attached hydrogens (primary N) is 1. The summed E-state index contributed by atoms with van der Waals surface area (Å²) in [5, 5.41) is 0. The lowest BCUT2D eigenvalue weighted by atomic mass is 10.2. The van der Waals surface area contributed by atoms with E-state index in [9.17, 15) is 0 Å². The molecule has 3 nitrogen and oxygen atoms in total. The molecule has 2 heterocycles. The van der Waals surface area contributed by atoms with Gasteiger partial charge in [-0.2, -0.15) is 0 Å². The predicted molar refractivity (Wildman–Crippen MR) is 60.3 cm³/mol. The molecule has 74 valence electrons. The van der Waals surface area contributed by atoms with Gasteiger partial charge in [0.1, 0.15) is 5.65 Å². The minimum absolute atomic E-state index is 0.720. The van der Waals surface area contributed by atoms with E-state index >= 15 is 0 Å². The molecule has 4 heteroatoms. The summed E-state index contributed by atoms with van der Waals surface area (Å²) in [5.74, 6) is 0. The topological polar surface area (TPSA) is 43.3 Å². The number of hydrogen-bond acceptors (Lipinski definition) is 2. The van der Waals surface area contributed by atoms with Gasteiger partial charge in [0.15, 0.2) is 0 Å². The molecule has 0 amide bonds. The first-order chi connectivity index (χ1) is 6.79. The van der Waals surface area contributed by atoms with Crippen molar-refractivity contribution in [3.8, 4) is 0 Å². The Bertz CT molecular complexity index is 436. The van der Waals surface area contributed by atoms with E-state index in [0.29, 0.717) is 0 Å². The standard InChI is InChI=1S/C10H12BrN3/c11-8-3-4-10-13-9(2-1-5-12)7-14(10)6-8/h3-4,6-7H,1-2,5,12H2. The lowest BCUT2D eigenvalue weighted by Gasteiger charge is -1.91. The molecule has 0 fully saturated rings. The molecule has 0 unspecified atom stereocenters. The maximum atomic E-state index is 5.45. The third-order valence-electron chi connectivity index (χ3n) is 2.10. The van der Waals surface area contributed by atoms with Crippen molar-refractivity contribution in [3.63, 3.8) is 0 Å². The molecule has 0 aliphatic heterocycles. The van der Waals surface area contributed by atoms with Gasteiger partial charge >= 0.3 is 0 Å². The van der Waals surface area contributed by atoms with E-state index in [4.69, 9.17) is 5.73 Å². The molecule has 2 rings (SSSR count). The van der Waals surface area contributed by atoms with Gasteiger partial charge in [0.2, 0.25) is 0 Å². The zero-order valence-corrected chi connectivity index (χ0v) is 9.37. The zero-order chi connectivity index (χ0) is 9.97. The van der Waals surface area contributed by atoms with Crippen molar-refractivity contribution in [2.45, 2.75) is 12.8 Å². The van der Waals surface area contributed by atoms with Crippen molar-refractivity contribution >= 4 is 21.6 Å². The molecule has 0 aliphatic rings. The van der Waals surface area contributed by atoms with Crippen LogP contribution in [0.2, 0.25) is 0 Å². The van der Waals surface area contributed by atoms with Gasteiger partial charge < -0.3 is 10.1 Å². The number of pyridine rings is 1. The van der Waals surface area contributed by atoms with E-state index in [2.05, 4.69) is 27.1 Å². The van der Waals surface area contributed by atoms with Gasteiger partial charge in [0, 0.05) is 16.9 Å². The van der Waals surface area contributed by atoms with Gasteiger partial charge in [0.25, 0.3) is 0 Å². The van der Waals surface area contributed by atoms with Crippen LogP contribution in [-0.4, -0.2) is 15.9 Å². The number of fused-ring (bicyclic) bond motifs is 1. The Kier molecular flexibility index (Phi) is 2.84. The summed E-state index contributed by atoms with van der Waals surface area (Å²) >= 11 is 3.43. The molecule has 0 saturated carbocycles. The fraction of sp³-hybridized carbons (Fsp3) is 0.300. The van der Waals surface area contributed by atoms with Gasteiger partial charge in [0.05, 0.1) is 5.69 Å². The second kappa shape index (κ2) is 4.11. The molecule has 14 heavy (non-hydrogen) atoms. The summed E-state index contributed by atoms with van der Waals surface area (Å²) in [6.07, 6.45) is 6.00. The van der Waals surface area contributed by atoms with Crippen molar-refractivity contribution in [2.24, 2.45) is 5.73 Å². The van der Waals surface area contributed by atoms with Crippen LogP contribution in [0.25, 0.3) is 5.65 Å². The van der Waals surface area contributed by atoms with Crippen molar-refractivity contribution in [1.82, 2.24) is 9.38 Å². The van der Waals surface area contributed by atoms with Crippen molar-refractivity contribution in [3.05, 3.63) is 34.7 Å². The third-order valence-corrected chi connectivity index (χ3v) is 2.57. The Labute approximate surface area is 91.1 Å². The predicted octanol–water partition coefficient (Wildman–Crippen LogP) is 1.99. The Morgan fingerprint density at radius 1 is 1.36 bits per heavy atom. The number of rotatable bonds is 3. The minimum atomic E-state index is 0.720. The van der Waals surface area contributed by atoms with Gasteiger partial charge in [-0.3, -0.25) is 0 Å². The highest BCUT2D eigenvalue weighted by atomic mass is 79.9. The molecule has 0 spiro atoms. The number of aromatic nitrogens is 2. The quantitative estimate of drug-likeness (QED) is 0.910.